The topological polar surface area (TPSA) is 24.2 Å². The molecule has 1 rings (SSSR count). The minimum atomic E-state index is -0.169. The second-order valence-electron chi connectivity index (χ2n) is 4.22. The zero-order chi connectivity index (χ0) is 13.5. The summed E-state index contributed by atoms with van der Waals surface area (Å²) >= 11 is 11.4. The molecule has 100 valence electrons. The van der Waals surface area contributed by atoms with Gasteiger partial charge in [0.2, 0.25) is 5.91 Å². The summed E-state index contributed by atoms with van der Waals surface area (Å²) in [6.45, 7) is 2.99. The monoisotopic (exact) mass is 289 g/mol. The molecule has 0 bridgehead atoms. The van der Waals surface area contributed by atoms with E-state index in [4.69, 9.17) is 23.2 Å². The van der Waals surface area contributed by atoms with Crippen molar-refractivity contribution >= 4 is 29.1 Å². The summed E-state index contributed by atoms with van der Waals surface area (Å²) in [5.74, 6) is 0.765. The smallest absolute Gasteiger partial charge is 0.229 e. The molecule has 0 fully saturated rings. The molecule has 0 saturated carbocycles. The average molecular weight is 290 g/mol. The highest BCUT2D eigenvalue weighted by Gasteiger charge is 2.21. The third-order valence-electron chi connectivity index (χ3n) is 2.90. The predicted molar refractivity (Wildman–Crippen MR) is 74.1 cm³/mol. The summed E-state index contributed by atoms with van der Waals surface area (Å²) in [4.78, 5) is 14.0. The molecule has 0 aromatic carbocycles. The number of alkyl halides is 2. The van der Waals surface area contributed by atoms with Crippen molar-refractivity contribution in [3.8, 4) is 0 Å². The Morgan fingerprint density at radius 3 is 2.22 bits per heavy atom. The summed E-state index contributed by atoms with van der Waals surface area (Å²) in [6.07, 6.45) is 3.87. The van der Waals surface area contributed by atoms with Gasteiger partial charge in [-0.25, -0.2) is 4.57 Å². The Kier molecular flexibility index (Phi) is 6.44. The largest absolute Gasteiger partial charge is 0.340 e. The summed E-state index contributed by atoms with van der Waals surface area (Å²) in [5, 5.41) is 0. The van der Waals surface area contributed by atoms with Crippen LogP contribution >= 0.6 is 23.2 Å². The lowest BCUT2D eigenvalue weighted by Gasteiger charge is -2.24. The maximum atomic E-state index is 12.3. The van der Waals surface area contributed by atoms with Gasteiger partial charge in [0.15, 0.2) is 12.4 Å². The van der Waals surface area contributed by atoms with E-state index in [0.717, 1.165) is 5.56 Å². The zero-order valence-electron chi connectivity index (χ0n) is 10.8. The maximum absolute atomic E-state index is 12.3. The summed E-state index contributed by atoms with van der Waals surface area (Å²) in [6, 6.07) is 3.92. The van der Waals surface area contributed by atoms with Gasteiger partial charge in [0, 0.05) is 37.0 Å². The normalized spacial score (nSPS) is 12.2. The highest BCUT2D eigenvalue weighted by Crippen LogP contribution is 2.16. The van der Waals surface area contributed by atoms with Crippen molar-refractivity contribution in [2.45, 2.75) is 12.8 Å². The van der Waals surface area contributed by atoms with Crippen molar-refractivity contribution in [3.63, 3.8) is 0 Å². The Morgan fingerprint density at radius 2 is 1.78 bits per heavy atom. The quantitative estimate of drug-likeness (QED) is 0.580. The number of hydrogen-bond donors (Lipinski definition) is 0. The van der Waals surface area contributed by atoms with E-state index in [2.05, 4.69) is 0 Å². The third kappa shape index (κ3) is 4.14. The first-order valence-electron chi connectivity index (χ1n) is 5.96. The molecule has 1 unspecified atom stereocenters. The fraction of sp³-hybridized carbons (Fsp3) is 0.538. The van der Waals surface area contributed by atoms with Gasteiger partial charge in [0.1, 0.15) is 7.05 Å². The van der Waals surface area contributed by atoms with E-state index < -0.39 is 0 Å². The minimum absolute atomic E-state index is 0.0742. The van der Waals surface area contributed by atoms with E-state index in [1.807, 2.05) is 43.1 Å². The van der Waals surface area contributed by atoms with Crippen LogP contribution < -0.4 is 4.57 Å². The molecule has 1 atom stereocenters. The van der Waals surface area contributed by atoms with Gasteiger partial charge in [-0.3, -0.25) is 4.79 Å². The molecule has 0 aliphatic carbocycles. The Morgan fingerprint density at radius 1 is 1.28 bits per heavy atom. The van der Waals surface area contributed by atoms with Crippen molar-refractivity contribution < 1.29 is 9.36 Å². The van der Waals surface area contributed by atoms with E-state index in [0.29, 0.717) is 24.8 Å². The van der Waals surface area contributed by atoms with E-state index in [9.17, 15) is 4.79 Å². The van der Waals surface area contributed by atoms with Crippen LogP contribution in [0, 0.1) is 0 Å². The number of carbonyl (C=O) groups is 1. The number of hydrogen-bond acceptors (Lipinski definition) is 1. The fourth-order valence-corrected chi connectivity index (χ4v) is 2.16. The van der Waals surface area contributed by atoms with Crippen LogP contribution in [0.5, 0.6) is 0 Å². The first kappa shape index (κ1) is 15.3. The molecule has 1 heterocycles. The Bertz CT molecular complexity index is 375. The Labute approximate surface area is 118 Å². The summed E-state index contributed by atoms with van der Waals surface area (Å²) in [5.41, 5.74) is 1.01. The van der Waals surface area contributed by atoms with Crippen molar-refractivity contribution in [1.29, 1.82) is 0 Å². The molecule has 1 amide bonds. The Balaban J connectivity index is 2.77. The molecular formula is C13H19Cl2N2O+. The summed E-state index contributed by atoms with van der Waals surface area (Å²) in [7, 11) is 1.95. The van der Waals surface area contributed by atoms with Gasteiger partial charge >= 0.3 is 0 Å². The van der Waals surface area contributed by atoms with Crippen LogP contribution in [0.15, 0.2) is 24.5 Å². The van der Waals surface area contributed by atoms with Crippen LogP contribution in [0.4, 0.5) is 0 Å². The molecule has 1 aromatic heterocycles. The van der Waals surface area contributed by atoms with Gasteiger partial charge < -0.3 is 4.90 Å². The van der Waals surface area contributed by atoms with Crippen molar-refractivity contribution in [2.75, 3.05) is 24.8 Å². The average Bonchev–Trinajstić information content (AvgIpc) is 2.38. The minimum Gasteiger partial charge on any atom is -0.340 e. The number of rotatable bonds is 6. The molecule has 5 heteroatoms. The molecule has 3 nitrogen and oxygen atoms in total. The number of amides is 1. The molecule has 0 spiro atoms. The molecule has 1 aromatic rings. The molecule has 0 saturated heterocycles. The van der Waals surface area contributed by atoms with Gasteiger partial charge in [0.25, 0.3) is 0 Å². The van der Waals surface area contributed by atoms with Gasteiger partial charge in [-0.15, -0.1) is 23.2 Å². The second kappa shape index (κ2) is 7.59. The SMILES string of the molecule is CC(C(=O)N(CCCl)CCCl)c1cc[n+](C)cc1. The van der Waals surface area contributed by atoms with Crippen LogP contribution in [-0.2, 0) is 11.8 Å². The van der Waals surface area contributed by atoms with Gasteiger partial charge in [-0.2, -0.15) is 0 Å². The number of carbonyl (C=O) groups excluding carboxylic acids is 1. The highest BCUT2D eigenvalue weighted by atomic mass is 35.5. The van der Waals surface area contributed by atoms with Crippen molar-refractivity contribution in [1.82, 2.24) is 4.90 Å². The lowest BCUT2D eigenvalue weighted by atomic mass is 10.0. The summed E-state index contributed by atoms with van der Waals surface area (Å²) < 4.78 is 1.94. The molecule has 0 aliphatic rings. The third-order valence-corrected chi connectivity index (χ3v) is 3.23. The van der Waals surface area contributed by atoms with E-state index in [1.54, 1.807) is 4.90 Å². The molecule has 0 aliphatic heterocycles. The number of aryl methyl sites for hydroxylation is 1. The lowest BCUT2D eigenvalue weighted by Crippen LogP contribution is -2.37. The highest BCUT2D eigenvalue weighted by molar-refractivity contribution is 6.18. The first-order chi connectivity index (χ1) is 8.60. The van der Waals surface area contributed by atoms with E-state index in [1.165, 1.54) is 0 Å². The number of pyridine rings is 1. The Hall–Kier alpha value is -0.800. The van der Waals surface area contributed by atoms with E-state index in [-0.39, 0.29) is 11.8 Å². The lowest BCUT2D eigenvalue weighted by molar-refractivity contribution is -0.671. The molecule has 0 N–H and O–H groups in total. The van der Waals surface area contributed by atoms with Gasteiger partial charge in [-0.1, -0.05) is 0 Å². The number of nitrogens with zero attached hydrogens (tertiary/aromatic N) is 2. The fourth-order valence-electron chi connectivity index (χ4n) is 1.75. The van der Waals surface area contributed by atoms with Crippen LogP contribution in [0.25, 0.3) is 0 Å². The van der Waals surface area contributed by atoms with Gasteiger partial charge in [0.05, 0.1) is 5.92 Å². The predicted octanol–water partition coefficient (Wildman–Crippen LogP) is 1.92. The van der Waals surface area contributed by atoms with Crippen LogP contribution in [-0.4, -0.2) is 35.7 Å². The van der Waals surface area contributed by atoms with Gasteiger partial charge in [-0.05, 0) is 12.5 Å². The molecule has 18 heavy (non-hydrogen) atoms. The second-order valence-corrected chi connectivity index (χ2v) is 4.98. The number of aromatic nitrogens is 1. The maximum Gasteiger partial charge on any atom is 0.229 e. The van der Waals surface area contributed by atoms with Crippen LogP contribution in [0.1, 0.15) is 18.4 Å². The van der Waals surface area contributed by atoms with Crippen molar-refractivity contribution in [3.05, 3.63) is 30.1 Å². The number of halogens is 2. The molecular weight excluding hydrogens is 271 g/mol. The van der Waals surface area contributed by atoms with Crippen LogP contribution in [0.3, 0.4) is 0 Å². The molecule has 0 radical (unpaired) electrons. The zero-order valence-corrected chi connectivity index (χ0v) is 12.3. The first-order valence-corrected chi connectivity index (χ1v) is 7.03. The van der Waals surface area contributed by atoms with Crippen molar-refractivity contribution in [2.24, 2.45) is 7.05 Å². The van der Waals surface area contributed by atoms with Crippen LogP contribution in [0.2, 0.25) is 0 Å². The van der Waals surface area contributed by atoms with E-state index >= 15 is 0 Å². The standard InChI is InChI=1S/C13H19Cl2N2O/c1-11(12-3-7-16(2)8-4-12)13(18)17(9-5-14)10-6-15/h3-4,7-8,11H,5-6,9-10H2,1-2H3/q+1.